The maximum absolute atomic E-state index is 14.6. The van der Waals surface area contributed by atoms with Gasteiger partial charge in [0.1, 0.15) is 72.7 Å². The van der Waals surface area contributed by atoms with Crippen LogP contribution in [0.25, 0.3) is 21.8 Å². The first-order chi connectivity index (χ1) is 50.5. The van der Waals surface area contributed by atoms with Crippen molar-refractivity contribution in [3.8, 4) is 5.75 Å². The molecular formula is C66H87N17O20S3. The zero-order valence-corrected chi connectivity index (χ0v) is 60.3. The lowest BCUT2D eigenvalue weighted by Crippen LogP contribution is -2.61. The predicted molar refractivity (Wildman–Crippen MR) is 390 cm³/mol. The van der Waals surface area contributed by atoms with E-state index in [0.29, 0.717) is 44.2 Å². The number of para-hydroxylation sites is 2. The van der Waals surface area contributed by atoms with E-state index in [1.807, 2.05) is 0 Å². The lowest BCUT2D eigenvalue weighted by molar-refractivity contribution is -0.139. The van der Waals surface area contributed by atoms with Crippen molar-refractivity contribution < 1.29 is 97.1 Å². The van der Waals surface area contributed by atoms with Gasteiger partial charge < -0.3 is 111 Å². The van der Waals surface area contributed by atoms with E-state index in [9.17, 15) is 92.0 Å². The molecule has 10 atom stereocenters. The summed E-state index contributed by atoms with van der Waals surface area (Å²) >= 11 is 9.59. The first-order valence-corrected chi connectivity index (χ1v) is 35.6. The molecule has 0 spiro atoms. The Bertz CT molecular complexity index is 3970. The van der Waals surface area contributed by atoms with E-state index in [0.717, 1.165) is 0 Å². The summed E-state index contributed by atoms with van der Waals surface area (Å²) < 4.78 is 0. The molecule has 0 saturated carbocycles. The van der Waals surface area contributed by atoms with Gasteiger partial charge in [0.2, 0.25) is 82.7 Å². The number of aromatic nitrogens is 2. The number of carbonyl (C=O) groups excluding carboxylic acids is 14. The molecule has 0 bridgehead atoms. The standard InChI is InChI=1S/C66H87N17O20S3/c1-33(74-60(97)43(16-17-55(90)91)77-63(100)47(22-37-25-69-42-11-7-5-9-40(37)42)80-61(98)44(18-19-106-3)76-54(89)28-72-53(88)27-71-52(87)26-70-51(86)23-67)57(94)78-46(21-36-24-68-41-10-6-4-8-39(36)41)64(101)81-48(30-84)65(102)83-50(32-105)66(103)79-45(20-35-12-14-38(85)15-13-35)62(99)75-34(2)58(95)82-49(31-104)59(96)73-29-56(92)93/h4-15,24-25,33-34,43-50,68-69,84-85,104-105H,16-23,26-32,67H2,1-3H3,(H,70,86)(H,71,87)(H,72,88)(H,73,96)(H,74,97)(H,75,99)(H,76,89)(H,77,100)(H,78,94)(H,79,103)(H,80,98)(H,81,101)(H,82,95)(H,83,102)(H,90,91)(H,92,93)/t33-,34-,43-,44-,45-,46-,47-,48-,49-,50-/m0/s1. The molecule has 106 heavy (non-hydrogen) atoms. The number of carboxylic acid groups (broad SMARTS) is 2. The number of fused-ring (bicyclic) bond motifs is 2. The van der Waals surface area contributed by atoms with Crippen LogP contribution in [-0.4, -0.2) is 248 Å². The number of nitrogens with two attached hydrogens (primary N) is 1. The Morgan fingerprint density at radius 3 is 1.32 bits per heavy atom. The van der Waals surface area contributed by atoms with Crippen LogP contribution in [0.1, 0.15) is 49.8 Å². The largest absolute Gasteiger partial charge is 0.508 e. The van der Waals surface area contributed by atoms with Crippen molar-refractivity contribution in [1.29, 1.82) is 0 Å². The van der Waals surface area contributed by atoms with E-state index < -0.39 is 206 Å². The van der Waals surface area contributed by atoms with Crippen LogP contribution in [-0.2, 0) is 96.0 Å². The summed E-state index contributed by atoms with van der Waals surface area (Å²) in [7, 11) is 0. The Kier molecular flexibility index (Phi) is 35.0. The van der Waals surface area contributed by atoms with Crippen molar-refractivity contribution in [3.05, 3.63) is 102 Å². The van der Waals surface area contributed by atoms with Crippen molar-refractivity contribution in [2.24, 2.45) is 5.73 Å². The third kappa shape index (κ3) is 27.9. The Morgan fingerprint density at radius 2 is 0.830 bits per heavy atom. The number of phenolic OH excluding ortho intramolecular Hbond substituents is 1. The molecule has 0 fully saturated rings. The van der Waals surface area contributed by atoms with Crippen LogP contribution >= 0.6 is 37.0 Å². The summed E-state index contributed by atoms with van der Waals surface area (Å²) in [6, 6.07) is 3.69. The Balaban J connectivity index is 1.33. The monoisotopic (exact) mass is 1530 g/mol. The van der Waals surface area contributed by atoms with E-state index in [1.165, 1.54) is 49.9 Å². The van der Waals surface area contributed by atoms with Crippen molar-refractivity contribution in [3.63, 3.8) is 0 Å². The third-order valence-corrected chi connectivity index (χ3v) is 17.3. The highest BCUT2D eigenvalue weighted by atomic mass is 32.2. The summed E-state index contributed by atoms with van der Waals surface area (Å²) in [5.74, 6) is -16.4. The fourth-order valence-corrected chi connectivity index (χ4v) is 11.1. The lowest BCUT2D eigenvalue weighted by Gasteiger charge is -2.27. The number of hydrogen-bond donors (Lipinski definition) is 23. The predicted octanol–water partition coefficient (Wildman–Crippen LogP) is -5.75. The molecule has 14 amide bonds. The van der Waals surface area contributed by atoms with Crippen LogP contribution in [0, 0.1) is 0 Å². The molecule has 0 saturated heterocycles. The van der Waals surface area contributed by atoms with Crippen LogP contribution in [0.3, 0.4) is 0 Å². The van der Waals surface area contributed by atoms with Gasteiger partial charge >= 0.3 is 11.9 Å². The van der Waals surface area contributed by atoms with E-state index in [4.69, 9.17) is 10.8 Å². The highest BCUT2D eigenvalue weighted by Gasteiger charge is 2.36. The molecule has 2 aromatic heterocycles. The molecule has 5 rings (SSSR count). The molecule has 22 N–H and O–H groups in total. The zero-order chi connectivity index (χ0) is 78.2. The van der Waals surface area contributed by atoms with E-state index in [2.05, 4.69) is 110 Å². The minimum Gasteiger partial charge on any atom is -0.508 e. The number of aliphatic carboxylic acids is 2. The number of aliphatic hydroxyl groups excluding tert-OH is 1. The summed E-state index contributed by atoms with van der Waals surface area (Å²) in [5, 5.41) is 74.1. The maximum Gasteiger partial charge on any atom is 0.322 e. The van der Waals surface area contributed by atoms with E-state index in [-0.39, 0.29) is 43.7 Å². The van der Waals surface area contributed by atoms with Gasteiger partial charge in [-0.2, -0.15) is 37.0 Å². The van der Waals surface area contributed by atoms with Crippen molar-refractivity contribution >= 4 is 153 Å². The number of thiol groups is 2. The minimum atomic E-state index is -1.87. The van der Waals surface area contributed by atoms with Crippen LogP contribution in [0.5, 0.6) is 5.75 Å². The minimum absolute atomic E-state index is 0.00286. The molecule has 0 radical (unpaired) electrons. The van der Waals surface area contributed by atoms with Crippen molar-refractivity contribution in [1.82, 2.24) is 84.4 Å². The Morgan fingerprint density at radius 1 is 0.434 bits per heavy atom. The average molecular weight is 1530 g/mol. The van der Waals surface area contributed by atoms with Crippen LogP contribution in [0.2, 0.25) is 0 Å². The van der Waals surface area contributed by atoms with Crippen LogP contribution < -0.4 is 80.2 Å². The van der Waals surface area contributed by atoms with Gasteiger partial charge in [-0.3, -0.25) is 76.7 Å². The summed E-state index contributed by atoms with van der Waals surface area (Å²) in [6.45, 7) is -1.51. The van der Waals surface area contributed by atoms with Gasteiger partial charge in [0, 0.05) is 71.4 Å². The maximum atomic E-state index is 14.6. The molecule has 574 valence electrons. The fraction of sp³-hybridized carbons (Fsp3) is 0.424. The second-order valence-electron chi connectivity index (χ2n) is 23.9. The number of aromatic hydroxyl groups is 1. The number of H-pyrrole nitrogens is 2. The van der Waals surface area contributed by atoms with Crippen molar-refractivity contribution in [2.75, 3.05) is 62.8 Å². The number of thioether (sulfide) groups is 1. The SMILES string of the molecule is CSCC[C@H](NC(=O)CNC(=O)CNC(=O)CNC(=O)CN)C(=O)N[C@@H](Cc1c[nH]c2ccccc12)C(=O)N[C@@H](CCC(=O)O)C(=O)N[C@@H](C)C(=O)N[C@@H](Cc1c[nH]c2ccccc12)C(=O)N[C@@H](CO)C(=O)N[C@@H](CS)C(=O)N[C@@H](Cc1ccc(O)cc1)C(=O)N[C@@H](C)C(=O)N[C@@H](CS)C(=O)NCC(=O)O. The third-order valence-electron chi connectivity index (χ3n) is 15.9. The summed E-state index contributed by atoms with van der Waals surface area (Å²) in [4.78, 5) is 218. The Labute approximate surface area is 621 Å². The molecule has 0 aliphatic heterocycles. The first kappa shape index (κ1) is 85.7. The zero-order valence-electron chi connectivity index (χ0n) is 57.7. The highest BCUT2D eigenvalue weighted by molar-refractivity contribution is 7.98. The number of carboxylic acids is 2. The molecule has 0 aliphatic carbocycles. The number of aliphatic hydroxyl groups is 1. The number of amides is 14. The molecule has 37 nitrogen and oxygen atoms in total. The highest BCUT2D eigenvalue weighted by Crippen LogP contribution is 2.22. The van der Waals surface area contributed by atoms with Gasteiger partial charge in [-0.05, 0) is 79.7 Å². The van der Waals surface area contributed by atoms with E-state index >= 15 is 0 Å². The number of hydrogen-bond acceptors (Lipinski definition) is 22. The lowest BCUT2D eigenvalue weighted by atomic mass is 10.0. The topological polar surface area (TPSA) is 580 Å². The molecule has 2 heterocycles. The molecule has 0 aliphatic rings. The quantitative estimate of drug-likeness (QED) is 0.0162. The smallest absolute Gasteiger partial charge is 0.322 e. The second-order valence-corrected chi connectivity index (χ2v) is 25.6. The van der Waals surface area contributed by atoms with Crippen molar-refractivity contribution in [2.45, 2.75) is 113 Å². The fourth-order valence-electron chi connectivity index (χ4n) is 10.1. The number of carbonyl (C=O) groups is 16. The number of nitrogens with one attached hydrogen (secondary N) is 16. The van der Waals surface area contributed by atoms with Crippen LogP contribution in [0.4, 0.5) is 0 Å². The number of rotatable bonds is 44. The van der Waals surface area contributed by atoms with Gasteiger partial charge in [0.15, 0.2) is 0 Å². The number of phenols is 1. The number of aromatic amines is 2. The molecule has 40 heteroatoms. The molecule has 5 aromatic rings. The van der Waals surface area contributed by atoms with E-state index in [1.54, 1.807) is 67.2 Å². The second kappa shape index (κ2) is 43.3. The summed E-state index contributed by atoms with van der Waals surface area (Å²) in [6.07, 6.45) is 2.71. The van der Waals surface area contributed by atoms with Gasteiger partial charge in [0.25, 0.3) is 0 Å². The van der Waals surface area contributed by atoms with Gasteiger partial charge in [-0.25, -0.2) is 0 Å². The Hall–Kier alpha value is -11.0. The summed E-state index contributed by atoms with van der Waals surface area (Å²) in [5.41, 5.74) is 7.81. The molecule has 3 aromatic carbocycles. The molecular weight excluding hydrogens is 1450 g/mol. The molecule has 0 unspecified atom stereocenters. The number of benzene rings is 3. The normalized spacial score (nSPS) is 13.8. The van der Waals surface area contributed by atoms with Crippen LogP contribution in [0.15, 0.2) is 85.2 Å². The van der Waals surface area contributed by atoms with Gasteiger partial charge in [-0.15, -0.1) is 0 Å². The van der Waals surface area contributed by atoms with Gasteiger partial charge in [0.05, 0.1) is 32.8 Å². The average Bonchev–Trinajstić information content (AvgIpc) is 1.66. The first-order valence-electron chi connectivity index (χ1n) is 32.9. The van der Waals surface area contributed by atoms with Gasteiger partial charge in [-0.1, -0.05) is 48.5 Å².